The van der Waals surface area contributed by atoms with E-state index in [0.29, 0.717) is 28.2 Å². The van der Waals surface area contributed by atoms with Gasteiger partial charge in [0, 0.05) is 82.1 Å². The maximum atomic E-state index is 12.0. The lowest BCUT2D eigenvalue weighted by atomic mass is 9.88. The van der Waals surface area contributed by atoms with E-state index in [1.54, 1.807) is 23.7 Å². The fraction of sp³-hybridized carbons (Fsp3) is 0. The summed E-state index contributed by atoms with van der Waals surface area (Å²) >= 11 is 1.77. The van der Waals surface area contributed by atoms with E-state index in [2.05, 4.69) is 129 Å². The van der Waals surface area contributed by atoms with Gasteiger partial charge in [0.25, 0.3) is 0 Å². The van der Waals surface area contributed by atoms with E-state index in [1.165, 1.54) is 10.1 Å². The summed E-state index contributed by atoms with van der Waals surface area (Å²) in [6, 6.07) is 61.3. The minimum atomic E-state index is 0.383. The van der Waals surface area contributed by atoms with Gasteiger partial charge in [0.05, 0.1) is 61.3 Å². The number of rotatable bonds is 4. The van der Waals surface area contributed by atoms with Crippen LogP contribution in [0.4, 0.5) is 5.69 Å². The van der Waals surface area contributed by atoms with Crippen molar-refractivity contribution in [1.82, 2.24) is 19.1 Å². The molecule has 10 aromatic carbocycles. The summed E-state index contributed by atoms with van der Waals surface area (Å²) < 4.78 is 13.5. The zero-order valence-electron chi connectivity index (χ0n) is 35.8. The molecule has 68 heavy (non-hydrogen) atoms. The Hall–Kier alpha value is -9.34. The van der Waals surface area contributed by atoms with E-state index < -0.39 is 0 Å². The number of nitriles is 1. The van der Waals surface area contributed by atoms with Crippen LogP contribution in [0.15, 0.2) is 187 Å². The van der Waals surface area contributed by atoms with E-state index in [-0.39, 0.29) is 0 Å². The summed E-state index contributed by atoms with van der Waals surface area (Å²) in [6.45, 7) is 9.32. The minimum absolute atomic E-state index is 0.383. The van der Waals surface area contributed by atoms with Gasteiger partial charge >= 0.3 is 0 Å². The molecule has 0 spiro atoms. The van der Waals surface area contributed by atoms with Crippen LogP contribution < -0.4 is 0 Å². The van der Waals surface area contributed by atoms with Gasteiger partial charge in [-0.05, 0) is 47.5 Å². The Morgan fingerprint density at radius 2 is 1.09 bits per heavy atom. The smallest absolute Gasteiger partial charge is 0.220 e. The number of thiophene rings is 1. The highest BCUT2D eigenvalue weighted by atomic mass is 32.1. The lowest BCUT2D eigenvalue weighted by Crippen LogP contribution is -2.08. The van der Waals surface area contributed by atoms with Crippen molar-refractivity contribution in [2.45, 2.75) is 0 Å². The van der Waals surface area contributed by atoms with Crippen LogP contribution in [0, 0.1) is 17.9 Å². The third-order valence-electron chi connectivity index (χ3n) is 14.0. The molecule has 5 heterocycles. The maximum absolute atomic E-state index is 12.0. The highest BCUT2D eigenvalue weighted by Gasteiger charge is 2.33. The average molecular weight is 883 g/mol. The number of benzene rings is 10. The van der Waals surface area contributed by atoms with Crippen LogP contribution in [0.5, 0.6) is 0 Å². The Kier molecular flexibility index (Phi) is 7.39. The third kappa shape index (κ3) is 4.68. The second-order valence-electron chi connectivity index (χ2n) is 17.3. The second kappa shape index (κ2) is 13.6. The van der Waals surface area contributed by atoms with Gasteiger partial charge in [0.15, 0.2) is 0 Å². The lowest BCUT2D eigenvalue weighted by Gasteiger charge is -2.25. The lowest BCUT2D eigenvalue weighted by molar-refractivity contribution is 0.669. The molecule has 0 aliphatic carbocycles. The Morgan fingerprint density at radius 1 is 0.500 bits per heavy atom. The molecule has 0 radical (unpaired) electrons. The molecular formula is C60H30N6OS. The molecule has 0 saturated carbocycles. The number of hydrogen-bond donors (Lipinski definition) is 0. The molecule has 0 N–H and O–H groups in total. The number of nitrogens with zero attached hydrogens (tertiary/aromatic N) is 6. The fourth-order valence-corrected chi connectivity index (χ4v) is 12.7. The van der Waals surface area contributed by atoms with Crippen LogP contribution in [-0.2, 0) is 0 Å². The predicted molar refractivity (Wildman–Crippen MR) is 279 cm³/mol. The normalized spacial score (nSPS) is 12.1. The Bertz CT molecular complexity index is 4670. The molecular weight excluding hydrogens is 853 g/mol. The standard InChI is InChI=1S/C60H30N6OS/c1-62-56-48(33-14-4-2-5-15-33)41(32-61)57(49(34-16-6-3-7-17-34)59(56)65-42-22-12-20-38-50(42)51-39(21-13-23-43(51)65)55-54(38)63-30-31-64-55)66-44-28-29-46-53(37-19-8-10-24-45(37)67-46)52(44)40-27-26-36-35-18-9-11-25-47(35)68-60(36)58(40)66/h2-31H. The largest absolute Gasteiger partial charge is 0.456 e. The molecule has 15 aromatic rings. The van der Waals surface area contributed by atoms with Crippen LogP contribution in [0.2, 0.25) is 0 Å². The van der Waals surface area contributed by atoms with Crippen molar-refractivity contribution >= 4 is 125 Å². The van der Waals surface area contributed by atoms with Crippen molar-refractivity contribution in [3.8, 4) is 39.7 Å². The van der Waals surface area contributed by atoms with Gasteiger partial charge in [-0.15, -0.1) is 11.3 Å². The molecule has 0 saturated heterocycles. The molecule has 0 aliphatic rings. The van der Waals surface area contributed by atoms with E-state index in [0.717, 1.165) is 114 Å². The molecule has 8 heteroatoms. The van der Waals surface area contributed by atoms with Crippen molar-refractivity contribution in [1.29, 1.82) is 5.26 Å². The monoisotopic (exact) mass is 882 g/mol. The third-order valence-corrected chi connectivity index (χ3v) is 15.2. The summed E-state index contributed by atoms with van der Waals surface area (Å²) in [4.78, 5) is 14.3. The zero-order valence-corrected chi connectivity index (χ0v) is 36.6. The molecule has 0 bridgehead atoms. The minimum Gasteiger partial charge on any atom is -0.456 e. The van der Waals surface area contributed by atoms with E-state index in [1.807, 2.05) is 60.7 Å². The van der Waals surface area contributed by atoms with Crippen molar-refractivity contribution in [3.05, 3.63) is 199 Å². The van der Waals surface area contributed by atoms with Gasteiger partial charge in [-0.3, -0.25) is 9.97 Å². The molecule has 0 atom stereocenters. The van der Waals surface area contributed by atoms with Crippen LogP contribution >= 0.6 is 11.3 Å². The van der Waals surface area contributed by atoms with Crippen LogP contribution in [0.1, 0.15) is 5.56 Å². The van der Waals surface area contributed by atoms with Gasteiger partial charge in [0.1, 0.15) is 17.2 Å². The summed E-state index contributed by atoms with van der Waals surface area (Å²) in [5.41, 5.74) is 12.2. The Labute approximate surface area is 390 Å². The number of furan rings is 1. The molecule has 312 valence electrons. The van der Waals surface area contributed by atoms with Crippen molar-refractivity contribution in [2.75, 3.05) is 0 Å². The molecule has 7 nitrogen and oxygen atoms in total. The Morgan fingerprint density at radius 3 is 1.78 bits per heavy atom. The quantitative estimate of drug-likeness (QED) is 0.130. The van der Waals surface area contributed by atoms with E-state index in [4.69, 9.17) is 14.4 Å². The van der Waals surface area contributed by atoms with Crippen LogP contribution in [0.3, 0.4) is 0 Å². The topological polar surface area (TPSA) is 76.9 Å². The summed E-state index contributed by atoms with van der Waals surface area (Å²) in [6.07, 6.45) is 3.51. The van der Waals surface area contributed by atoms with E-state index in [9.17, 15) is 11.8 Å². The fourth-order valence-electron chi connectivity index (χ4n) is 11.4. The molecule has 0 unspecified atom stereocenters. The molecule has 0 aliphatic heterocycles. The molecule has 0 amide bonds. The SMILES string of the molecule is [C-]#[N+]c1c(-c2ccccc2)c(C#N)c(-n2c3ccc4oc5ccccc5c4c3c3ccc4c5ccccc5sc4c32)c(-c2ccccc2)c1-n1c2cccc3c4nccnc4c4cccc1c4c32. The van der Waals surface area contributed by atoms with Gasteiger partial charge in [-0.25, -0.2) is 4.85 Å². The van der Waals surface area contributed by atoms with Crippen molar-refractivity contribution in [3.63, 3.8) is 0 Å². The van der Waals surface area contributed by atoms with E-state index >= 15 is 0 Å². The summed E-state index contributed by atoms with van der Waals surface area (Å²) in [5.74, 6) is 0. The van der Waals surface area contributed by atoms with Crippen LogP contribution in [0.25, 0.3) is 146 Å². The molecule has 15 rings (SSSR count). The van der Waals surface area contributed by atoms with Gasteiger partial charge in [0.2, 0.25) is 5.69 Å². The zero-order chi connectivity index (χ0) is 44.8. The first-order valence-corrected chi connectivity index (χ1v) is 23.2. The number of hydrogen-bond acceptors (Lipinski definition) is 5. The highest BCUT2D eigenvalue weighted by Crippen LogP contribution is 2.55. The summed E-state index contributed by atoms with van der Waals surface area (Å²) in [5, 5.41) is 22.6. The van der Waals surface area contributed by atoms with Crippen LogP contribution in [-0.4, -0.2) is 19.1 Å². The van der Waals surface area contributed by atoms with Crippen molar-refractivity contribution < 1.29 is 4.42 Å². The molecule has 0 fully saturated rings. The number of para-hydroxylation sites is 1. The predicted octanol–water partition coefficient (Wildman–Crippen LogP) is 16.4. The molecule has 5 aromatic heterocycles. The van der Waals surface area contributed by atoms with Gasteiger partial charge < -0.3 is 13.6 Å². The Balaban J connectivity index is 1.25. The second-order valence-corrected chi connectivity index (χ2v) is 18.4. The van der Waals surface area contributed by atoms with Gasteiger partial charge in [-0.2, -0.15) is 5.26 Å². The van der Waals surface area contributed by atoms with Gasteiger partial charge in [-0.1, -0.05) is 133 Å². The first-order chi connectivity index (χ1) is 33.7. The average Bonchev–Trinajstić information content (AvgIpc) is 4.16. The first-order valence-electron chi connectivity index (χ1n) is 22.4. The maximum Gasteiger partial charge on any atom is 0.220 e. The first kappa shape index (κ1) is 36.9. The van der Waals surface area contributed by atoms with Crippen molar-refractivity contribution in [2.24, 2.45) is 0 Å². The number of aromatic nitrogens is 4. The highest BCUT2D eigenvalue weighted by molar-refractivity contribution is 7.26. The summed E-state index contributed by atoms with van der Waals surface area (Å²) in [7, 11) is 0. The number of fused-ring (bicyclic) bond motifs is 14.